The van der Waals surface area contributed by atoms with E-state index in [4.69, 9.17) is 4.74 Å². The van der Waals surface area contributed by atoms with E-state index in [0.29, 0.717) is 0 Å². The second-order valence-corrected chi connectivity index (χ2v) is 6.62. The van der Waals surface area contributed by atoms with Gasteiger partial charge in [-0.1, -0.05) is 30.3 Å². The van der Waals surface area contributed by atoms with Crippen molar-refractivity contribution in [2.45, 2.75) is 18.9 Å². The second-order valence-electron chi connectivity index (χ2n) is 6.62. The summed E-state index contributed by atoms with van der Waals surface area (Å²) in [4.78, 5) is 14.6. The molecule has 1 aliphatic rings. The number of amides is 1. The summed E-state index contributed by atoms with van der Waals surface area (Å²) in [5.74, 6) is 1.24. The normalized spacial score (nSPS) is 19.2. The Morgan fingerprint density at radius 1 is 1.21 bits per heavy atom. The number of anilines is 1. The van der Waals surface area contributed by atoms with E-state index in [9.17, 15) is 4.79 Å². The quantitative estimate of drug-likeness (QED) is 0.884. The Morgan fingerprint density at radius 3 is 2.75 bits per heavy atom. The number of carbonyl (C=O) groups excluding carboxylic acids is 1. The molecule has 0 bridgehead atoms. The van der Waals surface area contributed by atoms with Crippen molar-refractivity contribution in [2.24, 2.45) is 5.92 Å². The van der Waals surface area contributed by atoms with Gasteiger partial charge in [0, 0.05) is 18.2 Å². The van der Waals surface area contributed by atoms with Gasteiger partial charge in [0.05, 0.1) is 7.11 Å². The number of nitrogens with one attached hydrogen (secondary N) is 1. The molecule has 2 atom stereocenters. The van der Waals surface area contributed by atoms with E-state index in [0.717, 1.165) is 30.0 Å². The topological polar surface area (TPSA) is 41.6 Å². The van der Waals surface area contributed by atoms with Crippen molar-refractivity contribution in [3.8, 4) is 5.75 Å². The molecule has 0 radical (unpaired) electrons. The standard InChI is InChI=1S/C20H24N2O2/c1-22(2)13-14-7-6-8-15(11-14)21-20(23)18-12-17(18)16-9-4-5-10-19(16)24-3/h4-11,17-18H,12-13H2,1-3H3,(H,21,23)/t17-,18+/m0/s1. The molecule has 126 valence electrons. The van der Waals surface area contributed by atoms with E-state index in [1.54, 1.807) is 7.11 Å². The molecule has 1 amide bonds. The molecule has 0 spiro atoms. The Morgan fingerprint density at radius 2 is 2.00 bits per heavy atom. The minimum absolute atomic E-state index is 0.0267. The molecule has 2 aromatic carbocycles. The van der Waals surface area contributed by atoms with Crippen molar-refractivity contribution >= 4 is 11.6 Å². The number of benzene rings is 2. The highest BCUT2D eigenvalue weighted by molar-refractivity contribution is 5.95. The van der Waals surface area contributed by atoms with Crippen LogP contribution in [-0.4, -0.2) is 32.0 Å². The van der Waals surface area contributed by atoms with E-state index in [-0.39, 0.29) is 17.7 Å². The van der Waals surface area contributed by atoms with Gasteiger partial charge < -0.3 is 15.0 Å². The monoisotopic (exact) mass is 324 g/mol. The molecule has 2 aromatic rings. The third kappa shape index (κ3) is 3.77. The van der Waals surface area contributed by atoms with Crippen LogP contribution in [0.2, 0.25) is 0 Å². The summed E-state index contributed by atoms with van der Waals surface area (Å²) in [5.41, 5.74) is 3.18. The Kier molecular flexibility index (Phi) is 4.86. The van der Waals surface area contributed by atoms with Crippen LogP contribution in [0.4, 0.5) is 5.69 Å². The summed E-state index contributed by atoms with van der Waals surface area (Å²) >= 11 is 0. The molecule has 1 aliphatic carbocycles. The first kappa shape index (κ1) is 16.5. The molecule has 0 aliphatic heterocycles. The molecule has 0 heterocycles. The summed E-state index contributed by atoms with van der Waals surface area (Å²) in [6.07, 6.45) is 0.879. The van der Waals surface area contributed by atoms with E-state index in [1.165, 1.54) is 5.56 Å². The predicted octanol–water partition coefficient (Wildman–Crippen LogP) is 3.50. The Bertz CT molecular complexity index is 727. The van der Waals surface area contributed by atoms with Crippen LogP contribution >= 0.6 is 0 Å². The number of ether oxygens (including phenoxy) is 1. The van der Waals surface area contributed by atoms with Crippen LogP contribution in [0.3, 0.4) is 0 Å². The van der Waals surface area contributed by atoms with Crippen molar-refractivity contribution in [3.63, 3.8) is 0 Å². The first-order valence-corrected chi connectivity index (χ1v) is 8.26. The van der Waals surface area contributed by atoms with Gasteiger partial charge in [-0.3, -0.25) is 4.79 Å². The lowest BCUT2D eigenvalue weighted by Crippen LogP contribution is -2.15. The van der Waals surface area contributed by atoms with Crippen LogP contribution in [0.5, 0.6) is 5.75 Å². The van der Waals surface area contributed by atoms with Crippen molar-refractivity contribution < 1.29 is 9.53 Å². The second kappa shape index (κ2) is 7.05. The highest BCUT2D eigenvalue weighted by atomic mass is 16.5. The third-order valence-corrected chi connectivity index (χ3v) is 4.36. The molecule has 4 heteroatoms. The average Bonchev–Trinajstić information content (AvgIpc) is 3.35. The van der Waals surface area contributed by atoms with Gasteiger partial charge in [-0.15, -0.1) is 0 Å². The predicted molar refractivity (Wildman–Crippen MR) is 96.3 cm³/mol. The number of nitrogens with zero attached hydrogens (tertiary/aromatic N) is 1. The molecule has 1 N–H and O–H groups in total. The van der Waals surface area contributed by atoms with E-state index in [1.807, 2.05) is 50.5 Å². The minimum atomic E-state index is 0.0267. The summed E-state index contributed by atoms with van der Waals surface area (Å²) in [6.45, 7) is 0.858. The fourth-order valence-electron chi connectivity index (χ4n) is 3.15. The van der Waals surface area contributed by atoms with Crippen molar-refractivity contribution in [3.05, 3.63) is 59.7 Å². The zero-order valence-electron chi connectivity index (χ0n) is 14.5. The van der Waals surface area contributed by atoms with Crippen LogP contribution in [0, 0.1) is 5.92 Å². The highest BCUT2D eigenvalue weighted by Gasteiger charge is 2.45. The third-order valence-electron chi connectivity index (χ3n) is 4.36. The van der Waals surface area contributed by atoms with Crippen LogP contribution in [0.1, 0.15) is 23.5 Å². The summed E-state index contributed by atoms with van der Waals surface area (Å²) < 4.78 is 5.41. The zero-order chi connectivity index (χ0) is 17.1. The van der Waals surface area contributed by atoms with Gasteiger partial charge in [0.1, 0.15) is 5.75 Å². The van der Waals surface area contributed by atoms with Gasteiger partial charge in [-0.05, 0) is 55.8 Å². The molecule has 0 saturated heterocycles. The van der Waals surface area contributed by atoms with Gasteiger partial charge in [0.2, 0.25) is 5.91 Å². The largest absolute Gasteiger partial charge is 0.496 e. The number of hydrogen-bond donors (Lipinski definition) is 1. The fourth-order valence-corrected chi connectivity index (χ4v) is 3.15. The molecule has 1 fully saturated rings. The van der Waals surface area contributed by atoms with Crippen LogP contribution in [0.15, 0.2) is 48.5 Å². The van der Waals surface area contributed by atoms with E-state index < -0.39 is 0 Å². The summed E-state index contributed by atoms with van der Waals surface area (Å²) in [5, 5.41) is 3.06. The van der Waals surface area contributed by atoms with Gasteiger partial charge >= 0.3 is 0 Å². The van der Waals surface area contributed by atoms with E-state index in [2.05, 4.69) is 22.3 Å². The van der Waals surface area contributed by atoms with Gasteiger partial charge in [0.25, 0.3) is 0 Å². The number of rotatable bonds is 6. The molecular weight excluding hydrogens is 300 g/mol. The summed E-state index contributed by atoms with van der Waals surface area (Å²) in [6, 6.07) is 16.0. The molecule has 0 unspecified atom stereocenters. The van der Waals surface area contributed by atoms with Crippen molar-refractivity contribution in [2.75, 3.05) is 26.5 Å². The molecule has 24 heavy (non-hydrogen) atoms. The molecule has 4 nitrogen and oxygen atoms in total. The lowest BCUT2D eigenvalue weighted by Gasteiger charge is -2.12. The first-order valence-electron chi connectivity index (χ1n) is 8.26. The zero-order valence-corrected chi connectivity index (χ0v) is 14.5. The van der Waals surface area contributed by atoms with Gasteiger partial charge in [0.15, 0.2) is 0 Å². The van der Waals surface area contributed by atoms with Crippen molar-refractivity contribution in [1.82, 2.24) is 4.90 Å². The lowest BCUT2D eigenvalue weighted by molar-refractivity contribution is -0.117. The molecular formula is C20H24N2O2. The number of hydrogen-bond acceptors (Lipinski definition) is 3. The van der Waals surface area contributed by atoms with Gasteiger partial charge in [-0.25, -0.2) is 0 Å². The van der Waals surface area contributed by atoms with Crippen LogP contribution < -0.4 is 10.1 Å². The minimum Gasteiger partial charge on any atom is -0.496 e. The first-order chi connectivity index (χ1) is 11.6. The Labute approximate surface area is 143 Å². The van der Waals surface area contributed by atoms with Crippen LogP contribution in [-0.2, 0) is 11.3 Å². The number of para-hydroxylation sites is 1. The molecule has 1 saturated carbocycles. The summed E-state index contributed by atoms with van der Waals surface area (Å²) in [7, 11) is 5.74. The average molecular weight is 324 g/mol. The maximum absolute atomic E-state index is 12.5. The maximum Gasteiger partial charge on any atom is 0.228 e. The van der Waals surface area contributed by atoms with Gasteiger partial charge in [-0.2, -0.15) is 0 Å². The van der Waals surface area contributed by atoms with Crippen LogP contribution in [0.25, 0.3) is 0 Å². The molecule has 3 rings (SSSR count). The van der Waals surface area contributed by atoms with E-state index >= 15 is 0 Å². The Hall–Kier alpha value is -2.33. The number of methoxy groups -OCH3 is 1. The maximum atomic E-state index is 12.5. The number of carbonyl (C=O) groups is 1. The SMILES string of the molecule is COc1ccccc1[C@@H]1C[C@H]1C(=O)Nc1cccc(CN(C)C)c1. The van der Waals surface area contributed by atoms with Crippen molar-refractivity contribution in [1.29, 1.82) is 0 Å². The molecule has 0 aromatic heterocycles. The highest BCUT2D eigenvalue weighted by Crippen LogP contribution is 2.50. The smallest absolute Gasteiger partial charge is 0.228 e. The Balaban J connectivity index is 1.65. The fraction of sp³-hybridized carbons (Fsp3) is 0.350. The lowest BCUT2D eigenvalue weighted by atomic mass is 10.1.